The van der Waals surface area contributed by atoms with Crippen molar-refractivity contribution < 1.29 is 27.9 Å². The molecular formula is C20H23F3N2O3. The molecule has 4 rings (SSSR count). The van der Waals surface area contributed by atoms with Gasteiger partial charge in [0, 0.05) is 18.5 Å². The van der Waals surface area contributed by atoms with Crippen molar-refractivity contribution in [3.8, 4) is 5.75 Å². The molecule has 1 saturated heterocycles. The summed E-state index contributed by atoms with van der Waals surface area (Å²) in [5.41, 5.74) is 1.57. The van der Waals surface area contributed by atoms with E-state index >= 15 is 0 Å². The van der Waals surface area contributed by atoms with E-state index in [1.807, 2.05) is 13.8 Å². The molecule has 2 N–H and O–H groups in total. The van der Waals surface area contributed by atoms with E-state index in [2.05, 4.69) is 5.32 Å². The Kier molecular flexibility index (Phi) is 4.17. The van der Waals surface area contributed by atoms with Crippen molar-refractivity contribution in [3.05, 3.63) is 23.3 Å². The molecule has 2 fully saturated rings. The number of fused-ring (bicyclic) bond motifs is 4. The van der Waals surface area contributed by atoms with Crippen molar-refractivity contribution in [1.82, 2.24) is 4.90 Å². The fraction of sp³-hybridized carbons (Fsp3) is 0.600. The molecule has 1 saturated carbocycles. The average molecular weight is 396 g/mol. The van der Waals surface area contributed by atoms with Gasteiger partial charge in [0.2, 0.25) is 5.91 Å². The van der Waals surface area contributed by atoms with E-state index in [0.717, 1.165) is 28.9 Å². The summed E-state index contributed by atoms with van der Waals surface area (Å²) in [7, 11) is 0. The maximum atomic E-state index is 13.0. The Morgan fingerprint density at radius 1 is 1.29 bits per heavy atom. The number of benzene rings is 1. The first kappa shape index (κ1) is 19.1. The zero-order chi connectivity index (χ0) is 20.4. The van der Waals surface area contributed by atoms with E-state index < -0.39 is 23.5 Å². The predicted octanol–water partition coefficient (Wildman–Crippen LogP) is 3.35. The Labute approximate surface area is 160 Å². The Hall–Kier alpha value is -2.25. The molecule has 0 radical (unpaired) electrons. The third kappa shape index (κ3) is 2.93. The van der Waals surface area contributed by atoms with Gasteiger partial charge in [0.25, 0.3) is 0 Å². The second kappa shape index (κ2) is 6.12. The van der Waals surface area contributed by atoms with Crippen LogP contribution in [0.4, 0.5) is 18.9 Å². The first-order valence-electron chi connectivity index (χ1n) is 9.57. The molecular weight excluding hydrogens is 373 g/mol. The molecule has 1 aliphatic heterocycles. The van der Waals surface area contributed by atoms with Crippen molar-refractivity contribution in [2.45, 2.75) is 57.2 Å². The highest BCUT2D eigenvalue weighted by Gasteiger charge is 2.54. The van der Waals surface area contributed by atoms with Crippen LogP contribution in [0.25, 0.3) is 0 Å². The smallest absolute Gasteiger partial charge is 0.471 e. The number of hydrogen-bond donors (Lipinski definition) is 2. The van der Waals surface area contributed by atoms with Gasteiger partial charge in [-0.3, -0.25) is 9.59 Å². The predicted molar refractivity (Wildman–Crippen MR) is 95.9 cm³/mol. The van der Waals surface area contributed by atoms with E-state index in [9.17, 15) is 27.9 Å². The number of piperidine rings is 1. The first-order valence-corrected chi connectivity index (χ1v) is 9.57. The molecule has 2 amide bonds. The minimum atomic E-state index is -4.90. The third-order valence-electron chi connectivity index (χ3n) is 6.83. The number of nitrogens with zero attached hydrogens (tertiary/aromatic N) is 1. The van der Waals surface area contributed by atoms with Crippen LogP contribution in [0.1, 0.15) is 44.2 Å². The number of hydrogen-bond acceptors (Lipinski definition) is 3. The summed E-state index contributed by atoms with van der Waals surface area (Å²) >= 11 is 0. The number of likely N-dealkylation sites (tertiary alicyclic amines) is 1. The van der Waals surface area contributed by atoms with Gasteiger partial charge in [0.15, 0.2) is 0 Å². The quantitative estimate of drug-likeness (QED) is 0.754. The SMILES string of the molecule is C[C@@H]1[C@H]2Cc3cc(O)c(NC(=O)C4CC4)cc3[C@]1(C)CCN2C(=O)C(F)(F)F. The molecule has 5 nitrogen and oxygen atoms in total. The molecule has 8 heteroatoms. The fourth-order valence-electron chi connectivity index (χ4n) is 4.76. The van der Waals surface area contributed by atoms with Gasteiger partial charge in [-0.15, -0.1) is 0 Å². The molecule has 3 aliphatic rings. The zero-order valence-corrected chi connectivity index (χ0v) is 15.8. The maximum Gasteiger partial charge on any atom is 0.471 e. The van der Waals surface area contributed by atoms with E-state index in [4.69, 9.17) is 0 Å². The van der Waals surface area contributed by atoms with Gasteiger partial charge in [-0.2, -0.15) is 13.2 Å². The number of aromatic hydroxyl groups is 1. The van der Waals surface area contributed by atoms with Gasteiger partial charge < -0.3 is 15.3 Å². The third-order valence-corrected chi connectivity index (χ3v) is 6.83. The molecule has 1 heterocycles. The van der Waals surface area contributed by atoms with E-state index in [1.54, 1.807) is 6.07 Å². The summed E-state index contributed by atoms with van der Waals surface area (Å²) in [6, 6.07) is 2.71. The van der Waals surface area contributed by atoms with E-state index in [0.29, 0.717) is 12.1 Å². The van der Waals surface area contributed by atoms with Gasteiger partial charge >= 0.3 is 12.1 Å². The number of phenolic OH excluding ortho intramolecular Hbond substituents is 1. The van der Waals surface area contributed by atoms with Crippen LogP contribution in [-0.4, -0.2) is 40.6 Å². The molecule has 2 bridgehead atoms. The number of anilines is 1. The standard InChI is InChI=1S/C20H23F3N2O3/c1-10-15-7-12-8-16(26)14(24-17(27)11-3-4-11)9-13(12)19(10,2)5-6-25(15)18(28)20(21,22)23/h8-11,15,26H,3-7H2,1-2H3,(H,24,27)/t10-,15-,19-/m1/s1. The highest BCUT2D eigenvalue weighted by atomic mass is 19.4. The number of phenols is 1. The lowest BCUT2D eigenvalue weighted by atomic mass is 9.59. The van der Waals surface area contributed by atoms with Crippen molar-refractivity contribution >= 4 is 17.5 Å². The van der Waals surface area contributed by atoms with Crippen LogP contribution in [0.5, 0.6) is 5.75 Å². The van der Waals surface area contributed by atoms with Gasteiger partial charge in [-0.1, -0.05) is 13.8 Å². The number of halogens is 3. The highest BCUT2D eigenvalue weighted by Crippen LogP contribution is 2.51. The zero-order valence-electron chi connectivity index (χ0n) is 15.8. The first-order chi connectivity index (χ1) is 13.0. The van der Waals surface area contributed by atoms with Crippen molar-refractivity contribution in [1.29, 1.82) is 0 Å². The molecule has 0 spiro atoms. The Balaban J connectivity index is 1.69. The molecule has 1 aromatic rings. The molecule has 1 aromatic carbocycles. The summed E-state index contributed by atoms with van der Waals surface area (Å²) in [4.78, 5) is 24.9. The summed E-state index contributed by atoms with van der Waals surface area (Å²) in [6.07, 6.45) is -2.57. The van der Waals surface area contributed by atoms with Crippen LogP contribution < -0.4 is 5.32 Å². The van der Waals surface area contributed by atoms with Crippen LogP contribution in [0, 0.1) is 11.8 Å². The monoisotopic (exact) mass is 396 g/mol. The molecule has 152 valence electrons. The normalized spacial score (nSPS) is 29.2. The van der Waals surface area contributed by atoms with E-state index in [1.165, 1.54) is 6.07 Å². The topological polar surface area (TPSA) is 69.6 Å². The van der Waals surface area contributed by atoms with Crippen LogP contribution in [0.3, 0.4) is 0 Å². The Morgan fingerprint density at radius 3 is 2.57 bits per heavy atom. The molecule has 0 aromatic heterocycles. The van der Waals surface area contributed by atoms with Crippen LogP contribution >= 0.6 is 0 Å². The maximum absolute atomic E-state index is 13.0. The lowest BCUT2D eigenvalue weighted by Crippen LogP contribution is -2.61. The number of carbonyl (C=O) groups excluding carboxylic acids is 2. The molecule has 28 heavy (non-hydrogen) atoms. The minimum absolute atomic E-state index is 0.00839. The molecule has 2 aliphatic carbocycles. The summed E-state index contributed by atoms with van der Waals surface area (Å²) in [5, 5.41) is 13.1. The van der Waals surface area contributed by atoms with Gasteiger partial charge in [0.1, 0.15) is 5.75 Å². The number of nitrogens with one attached hydrogen (secondary N) is 1. The van der Waals surface area contributed by atoms with Gasteiger partial charge in [0.05, 0.1) is 5.69 Å². The van der Waals surface area contributed by atoms with Crippen LogP contribution in [0.15, 0.2) is 12.1 Å². The minimum Gasteiger partial charge on any atom is -0.506 e. The highest BCUT2D eigenvalue weighted by molar-refractivity contribution is 5.95. The second-order valence-corrected chi connectivity index (χ2v) is 8.51. The van der Waals surface area contributed by atoms with Crippen LogP contribution in [0.2, 0.25) is 0 Å². The fourth-order valence-corrected chi connectivity index (χ4v) is 4.76. The van der Waals surface area contributed by atoms with Gasteiger partial charge in [-0.05, 0) is 60.3 Å². The largest absolute Gasteiger partial charge is 0.506 e. The van der Waals surface area contributed by atoms with Crippen LogP contribution in [-0.2, 0) is 21.4 Å². The number of carbonyl (C=O) groups is 2. The molecule has 3 atom stereocenters. The molecule has 0 unspecified atom stereocenters. The van der Waals surface area contributed by atoms with Gasteiger partial charge in [-0.25, -0.2) is 0 Å². The summed E-state index contributed by atoms with van der Waals surface area (Å²) < 4.78 is 39.0. The van der Waals surface area contributed by atoms with Crippen molar-refractivity contribution in [2.75, 3.05) is 11.9 Å². The second-order valence-electron chi connectivity index (χ2n) is 8.51. The number of amides is 2. The number of rotatable bonds is 2. The summed E-state index contributed by atoms with van der Waals surface area (Å²) in [6.45, 7) is 3.90. The summed E-state index contributed by atoms with van der Waals surface area (Å²) in [5.74, 6) is -2.21. The Bertz CT molecular complexity index is 850. The average Bonchev–Trinajstić information content (AvgIpc) is 3.43. The lowest BCUT2D eigenvalue weighted by molar-refractivity contribution is -0.192. The van der Waals surface area contributed by atoms with E-state index in [-0.39, 0.29) is 36.5 Å². The Morgan fingerprint density at radius 2 is 1.96 bits per heavy atom. The lowest BCUT2D eigenvalue weighted by Gasteiger charge is -2.54. The van der Waals surface area contributed by atoms with Crippen molar-refractivity contribution in [2.24, 2.45) is 11.8 Å². The number of alkyl halides is 3. The van der Waals surface area contributed by atoms with Crippen molar-refractivity contribution in [3.63, 3.8) is 0 Å².